The highest BCUT2D eigenvalue weighted by Gasteiger charge is 2.38. The van der Waals surface area contributed by atoms with Crippen LogP contribution in [0.25, 0.3) is 0 Å². The fourth-order valence-corrected chi connectivity index (χ4v) is 3.07. The second-order valence-electron chi connectivity index (χ2n) is 5.80. The zero-order valence-electron chi connectivity index (χ0n) is 11.9. The summed E-state index contributed by atoms with van der Waals surface area (Å²) in [6.45, 7) is 6.67. The molecule has 0 aliphatic carbocycles. The van der Waals surface area contributed by atoms with Crippen molar-refractivity contribution in [2.45, 2.75) is 38.8 Å². The summed E-state index contributed by atoms with van der Waals surface area (Å²) < 4.78 is 0.995. The first-order valence-corrected chi connectivity index (χ1v) is 7.35. The van der Waals surface area contributed by atoms with Gasteiger partial charge in [-0.25, -0.2) is 0 Å². The molecule has 1 aromatic carbocycles. The van der Waals surface area contributed by atoms with E-state index in [1.54, 1.807) is 4.90 Å². The summed E-state index contributed by atoms with van der Waals surface area (Å²) in [4.78, 5) is 14.3. The lowest BCUT2D eigenvalue weighted by Crippen LogP contribution is -2.65. The lowest BCUT2D eigenvalue weighted by atomic mass is 9.95. The van der Waals surface area contributed by atoms with Crippen LogP contribution < -0.4 is 10.2 Å². The van der Waals surface area contributed by atoms with E-state index in [2.05, 4.69) is 27.3 Å². The standard InChI is InChI=1S/C15H18BrN3O/c1-10-8-11(16)4-5-13(10)19-9-15(2,3)18-12(6-7-17)14(19)20/h4-5,8,12,18H,6,9H2,1-3H3. The molecular formula is C15H18BrN3O. The Morgan fingerprint density at radius 2 is 2.25 bits per heavy atom. The van der Waals surface area contributed by atoms with Crippen LogP contribution >= 0.6 is 15.9 Å². The number of aryl methyl sites for hydroxylation is 1. The first-order chi connectivity index (χ1) is 9.34. The Balaban J connectivity index is 2.38. The minimum atomic E-state index is -0.438. The molecular weight excluding hydrogens is 318 g/mol. The van der Waals surface area contributed by atoms with E-state index >= 15 is 0 Å². The maximum Gasteiger partial charge on any atom is 0.245 e. The van der Waals surface area contributed by atoms with Gasteiger partial charge in [0.25, 0.3) is 0 Å². The van der Waals surface area contributed by atoms with Crippen molar-refractivity contribution in [3.63, 3.8) is 0 Å². The topological polar surface area (TPSA) is 56.1 Å². The fraction of sp³-hybridized carbons (Fsp3) is 0.467. The van der Waals surface area contributed by atoms with Crippen molar-refractivity contribution in [3.8, 4) is 6.07 Å². The number of piperazine rings is 1. The number of anilines is 1. The van der Waals surface area contributed by atoms with Gasteiger partial charge in [-0.05, 0) is 44.5 Å². The molecule has 1 aliphatic rings. The van der Waals surface area contributed by atoms with E-state index in [0.717, 1.165) is 15.7 Å². The van der Waals surface area contributed by atoms with Crippen LogP contribution in [0.4, 0.5) is 5.69 Å². The summed E-state index contributed by atoms with van der Waals surface area (Å²) in [7, 11) is 0. The minimum Gasteiger partial charge on any atom is -0.309 e. The van der Waals surface area contributed by atoms with Gasteiger partial charge in [-0.15, -0.1) is 0 Å². The van der Waals surface area contributed by atoms with E-state index in [1.165, 1.54) is 0 Å². The third-order valence-corrected chi connectivity index (χ3v) is 3.92. The van der Waals surface area contributed by atoms with E-state index in [0.29, 0.717) is 6.54 Å². The van der Waals surface area contributed by atoms with Gasteiger partial charge in [-0.2, -0.15) is 5.26 Å². The van der Waals surface area contributed by atoms with Gasteiger partial charge in [0.2, 0.25) is 5.91 Å². The average Bonchev–Trinajstić information content (AvgIpc) is 2.34. The molecule has 0 radical (unpaired) electrons. The van der Waals surface area contributed by atoms with Crippen molar-refractivity contribution >= 4 is 27.5 Å². The predicted octanol–water partition coefficient (Wildman–Crippen LogP) is 2.75. The van der Waals surface area contributed by atoms with Gasteiger partial charge in [-0.3, -0.25) is 10.1 Å². The molecule has 20 heavy (non-hydrogen) atoms. The van der Waals surface area contributed by atoms with Crippen molar-refractivity contribution < 1.29 is 4.79 Å². The summed E-state index contributed by atoms with van der Waals surface area (Å²) in [5, 5.41) is 12.1. The van der Waals surface area contributed by atoms with Crippen molar-refractivity contribution in [1.29, 1.82) is 5.26 Å². The number of nitrogens with zero attached hydrogens (tertiary/aromatic N) is 2. The maximum absolute atomic E-state index is 12.5. The van der Waals surface area contributed by atoms with Crippen LogP contribution in [0.15, 0.2) is 22.7 Å². The van der Waals surface area contributed by atoms with E-state index in [4.69, 9.17) is 5.26 Å². The Morgan fingerprint density at radius 1 is 1.55 bits per heavy atom. The van der Waals surface area contributed by atoms with Gasteiger partial charge < -0.3 is 4.90 Å². The van der Waals surface area contributed by atoms with Crippen LogP contribution in [0.1, 0.15) is 25.8 Å². The SMILES string of the molecule is Cc1cc(Br)ccc1N1CC(C)(C)NC(CC#N)C1=O. The predicted molar refractivity (Wildman–Crippen MR) is 82.5 cm³/mol. The molecule has 0 spiro atoms. The van der Waals surface area contributed by atoms with Crippen molar-refractivity contribution in [1.82, 2.24) is 5.32 Å². The zero-order chi connectivity index (χ0) is 14.9. The Morgan fingerprint density at radius 3 is 2.85 bits per heavy atom. The van der Waals surface area contributed by atoms with Gasteiger partial charge in [0.15, 0.2) is 0 Å². The number of carbonyl (C=O) groups is 1. The largest absolute Gasteiger partial charge is 0.309 e. The van der Waals surface area contributed by atoms with E-state index < -0.39 is 6.04 Å². The Labute approximate surface area is 127 Å². The first-order valence-electron chi connectivity index (χ1n) is 6.56. The normalized spacial score (nSPS) is 21.6. The maximum atomic E-state index is 12.5. The molecule has 1 aromatic rings. The highest BCUT2D eigenvalue weighted by Crippen LogP contribution is 2.28. The number of halogens is 1. The molecule has 106 valence electrons. The number of benzene rings is 1. The lowest BCUT2D eigenvalue weighted by molar-refractivity contribution is -0.122. The quantitative estimate of drug-likeness (QED) is 0.904. The molecule has 1 atom stereocenters. The molecule has 1 heterocycles. The molecule has 0 bridgehead atoms. The fourth-order valence-electron chi connectivity index (χ4n) is 2.60. The summed E-state index contributed by atoms with van der Waals surface area (Å²) in [6.07, 6.45) is 0.189. The van der Waals surface area contributed by atoms with Gasteiger partial charge in [0.05, 0.1) is 12.5 Å². The third-order valence-electron chi connectivity index (χ3n) is 3.43. The Bertz CT molecular complexity index is 577. The zero-order valence-corrected chi connectivity index (χ0v) is 13.5. The molecule has 5 heteroatoms. The molecule has 1 aliphatic heterocycles. The number of nitrogens with one attached hydrogen (secondary N) is 1. The Hall–Kier alpha value is -1.38. The number of rotatable bonds is 2. The summed E-state index contributed by atoms with van der Waals surface area (Å²) in [5.74, 6) is -0.0312. The minimum absolute atomic E-state index is 0.0312. The molecule has 1 fully saturated rings. The highest BCUT2D eigenvalue weighted by molar-refractivity contribution is 9.10. The Kier molecular flexibility index (Phi) is 4.17. The van der Waals surface area contributed by atoms with Gasteiger partial charge in [-0.1, -0.05) is 15.9 Å². The van der Waals surface area contributed by atoms with Crippen molar-refractivity contribution in [2.75, 3.05) is 11.4 Å². The smallest absolute Gasteiger partial charge is 0.245 e. The molecule has 1 unspecified atom stereocenters. The number of amides is 1. The van der Waals surface area contributed by atoms with Crippen LogP contribution in [0, 0.1) is 18.3 Å². The summed E-state index contributed by atoms with van der Waals surface area (Å²) in [6, 6.07) is 7.52. The van der Waals surface area contributed by atoms with Crippen molar-refractivity contribution in [2.24, 2.45) is 0 Å². The lowest BCUT2D eigenvalue weighted by Gasteiger charge is -2.43. The molecule has 0 saturated carbocycles. The van der Waals surface area contributed by atoms with Crippen LogP contribution in [-0.2, 0) is 4.79 Å². The van der Waals surface area contributed by atoms with Crippen LogP contribution in [0.3, 0.4) is 0 Å². The second kappa shape index (κ2) is 5.55. The number of carbonyl (C=O) groups excluding carboxylic acids is 1. The summed E-state index contributed by atoms with van der Waals surface area (Å²) >= 11 is 3.44. The van der Waals surface area contributed by atoms with Crippen LogP contribution in [0.2, 0.25) is 0 Å². The molecule has 1 N–H and O–H groups in total. The molecule has 4 nitrogen and oxygen atoms in total. The van der Waals surface area contributed by atoms with Crippen molar-refractivity contribution in [3.05, 3.63) is 28.2 Å². The van der Waals surface area contributed by atoms with E-state index in [9.17, 15) is 4.79 Å². The van der Waals surface area contributed by atoms with Gasteiger partial charge in [0.1, 0.15) is 6.04 Å². The second-order valence-corrected chi connectivity index (χ2v) is 6.71. The summed E-state index contributed by atoms with van der Waals surface area (Å²) in [5.41, 5.74) is 1.74. The van der Waals surface area contributed by atoms with E-state index in [1.807, 2.05) is 39.0 Å². The highest BCUT2D eigenvalue weighted by atomic mass is 79.9. The van der Waals surface area contributed by atoms with Crippen LogP contribution in [0.5, 0.6) is 0 Å². The molecule has 2 rings (SSSR count). The number of hydrogen-bond acceptors (Lipinski definition) is 3. The van der Waals surface area contributed by atoms with Gasteiger partial charge in [0, 0.05) is 22.2 Å². The number of nitriles is 1. The molecule has 1 amide bonds. The first kappa shape index (κ1) is 15.0. The third kappa shape index (κ3) is 3.02. The molecule has 0 aromatic heterocycles. The van der Waals surface area contributed by atoms with E-state index in [-0.39, 0.29) is 17.9 Å². The monoisotopic (exact) mass is 335 g/mol. The van der Waals surface area contributed by atoms with Crippen LogP contribution in [-0.4, -0.2) is 24.0 Å². The van der Waals surface area contributed by atoms with Gasteiger partial charge >= 0.3 is 0 Å². The number of hydrogen-bond donors (Lipinski definition) is 1. The molecule has 1 saturated heterocycles. The average molecular weight is 336 g/mol.